The molecule has 1 N–H and O–H groups in total. The third-order valence-corrected chi connectivity index (χ3v) is 4.60. The maximum atomic E-state index is 12.7. The van der Waals surface area contributed by atoms with Gasteiger partial charge in [-0.1, -0.05) is 0 Å². The van der Waals surface area contributed by atoms with E-state index in [9.17, 15) is 9.59 Å². The van der Waals surface area contributed by atoms with Crippen molar-refractivity contribution in [2.45, 2.75) is 13.2 Å². The van der Waals surface area contributed by atoms with E-state index in [0.717, 1.165) is 0 Å². The quantitative estimate of drug-likeness (QED) is 0.674. The third-order valence-electron chi connectivity index (χ3n) is 4.60. The van der Waals surface area contributed by atoms with E-state index in [1.165, 1.54) is 32.0 Å². The zero-order valence-electron chi connectivity index (χ0n) is 17.3. The number of nitrogens with one attached hydrogen (secondary N) is 1. The molecule has 2 heterocycles. The molecule has 1 fully saturated rings. The monoisotopic (exact) mass is 418 g/mol. The molecule has 1 aliphatic heterocycles. The molecule has 0 aliphatic carbocycles. The predicted octanol–water partition coefficient (Wildman–Crippen LogP) is 0.882. The first-order chi connectivity index (χ1) is 14.5. The van der Waals surface area contributed by atoms with Crippen LogP contribution in [0.25, 0.3) is 0 Å². The smallest absolute Gasteiger partial charge is 0.255 e. The highest BCUT2D eigenvalue weighted by atomic mass is 16.5. The van der Waals surface area contributed by atoms with Gasteiger partial charge in [0.1, 0.15) is 6.54 Å². The Kier molecular flexibility index (Phi) is 7.26. The molecule has 0 unspecified atom stereocenters. The van der Waals surface area contributed by atoms with Crippen LogP contribution in [-0.4, -0.2) is 63.1 Å². The van der Waals surface area contributed by atoms with Crippen LogP contribution in [0.1, 0.15) is 5.69 Å². The van der Waals surface area contributed by atoms with Crippen molar-refractivity contribution in [2.24, 2.45) is 0 Å². The molecule has 1 aromatic carbocycles. The first kappa shape index (κ1) is 21.6. The van der Waals surface area contributed by atoms with Crippen molar-refractivity contribution in [1.29, 1.82) is 0 Å². The second-order valence-corrected chi connectivity index (χ2v) is 6.62. The Morgan fingerprint density at radius 2 is 1.87 bits per heavy atom. The number of nitrogens with zero attached hydrogens (tertiary/aromatic N) is 3. The number of ether oxygens (including phenoxy) is 4. The Morgan fingerprint density at radius 1 is 1.13 bits per heavy atom. The molecule has 10 heteroatoms. The van der Waals surface area contributed by atoms with Gasteiger partial charge in [-0.05, 0) is 12.1 Å². The van der Waals surface area contributed by atoms with Crippen molar-refractivity contribution >= 4 is 17.5 Å². The highest BCUT2D eigenvalue weighted by Gasteiger charge is 2.20. The molecule has 10 nitrogen and oxygen atoms in total. The Morgan fingerprint density at radius 3 is 2.53 bits per heavy atom. The van der Waals surface area contributed by atoms with Crippen molar-refractivity contribution in [3.63, 3.8) is 0 Å². The van der Waals surface area contributed by atoms with Crippen LogP contribution in [0.15, 0.2) is 29.1 Å². The number of benzene rings is 1. The molecule has 1 saturated heterocycles. The third kappa shape index (κ3) is 5.08. The predicted molar refractivity (Wildman–Crippen MR) is 110 cm³/mol. The number of methoxy groups -OCH3 is 3. The molecule has 0 bridgehead atoms. The molecule has 0 spiro atoms. The Labute approximate surface area is 174 Å². The van der Waals surface area contributed by atoms with Gasteiger partial charge in [0.25, 0.3) is 5.56 Å². The summed E-state index contributed by atoms with van der Waals surface area (Å²) in [6, 6.07) is 6.44. The number of carbonyl (C=O) groups is 1. The second kappa shape index (κ2) is 10.1. The molecular weight excluding hydrogens is 392 g/mol. The summed E-state index contributed by atoms with van der Waals surface area (Å²) in [5.41, 5.74) is 0.726. The fourth-order valence-electron chi connectivity index (χ4n) is 3.17. The molecule has 0 saturated carbocycles. The minimum atomic E-state index is -0.361. The van der Waals surface area contributed by atoms with Crippen molar-refractivity contribution < 1.29 is 23.7 Å². The van der Waals surface area contributed by atoms with Crippen molar-refractivity contribution in [2.75, 3.05) is 57.8 Å². The van der Waals surface area contributed by atoms with E-state index in [1.807, 2.05) is 4.90 Å². The lowest BCUT2D eigenvalue weighted by molar-refractivity contribution is -0.116. The SMILES string of the molecule is COCc1cc(=O)n(CC(=O)Nc2ccc(OC)c(OC)c2)c(N2CCOCC2)n1. The van der Waals surface area contributed by atoms with Crippen LogP contribution in [0.3, 0.4) is 0 Å². The number of morpholine rings is 1. The van der Waals surface area contributed by atoms with Crippen LogP contribution in [0.2, 0.25) is 0 Å². The van der Waals surface area contributed by atoms with Crippen LogP contribution in [-0.2, 0) is 27.4 Å². The highest BCUT2D eigenvalue weighted by Crippen LogP contribution is 2.29. The molecule has 1 amide bonds. The minimum Gasteiger partial charge on any atom is -0.493 e. The van der Waals surface area contributed by atoms with Gasteiger partial charge in [-0.25, -0.2) is 4.98 Å². The molecule has 0 atom stereocenters. The summed E-state index contributed by atoms with van der Waals surface area (Å²) >= 11 is 0. The van der Waals surface area contributed by atoms with E-state index in [0.29, 0.717) is 55.1 Å². The molecule has 3 rings (SSSR count). The highest BCUT2D eigenvalue weighted by molar-refractivity contribution is 5.91. The van der Waals surface area contributed by atoms with Crippen molar-refractivity contribution in [1.82, 2.24) is 9.55 Å². The topological polar surface area (TPSA) is 104 Å². The zero-order valence-corrected chi connectivity index (χ0v) is 17.3. The normalized spacial score (nSPS) is 13.8. The summed E-state index contributed by atoms with van der Waals surface area (Å²) in [5.74, 6) is 1.12. The lowest BCUT2D eigenvalue weighted by Crippen LogP contribution is -2.42. The van der Waals surface area contributed by atoms with E-state index in [-0.39, 0.29) is 24.6 Å². The average molecular weight is 418 g/mol. The maximum Gasteiger partial charge on any atom is 0.255 e. The fourth-order valence-corrected chi connectivity index (χ4v) is 3.17. The number of rotatable bonds is 8. The summed E-state index contributed by atoms with van der Waals surface area (Å²) in [5, 5.41) is 2.78. The number of aromatic nitrogens is 2. The van der Waals surface area contributed by atoms with Gasteiger partial charge in [0.15, 0.2) is 11.5 Å². The number of hydrogen-bond donors (Lipinski definition) is 1. The van der Waals surface area contributed by atoms with Gasteiger partial charge >= 0.3 is 0 Å². The van der Waals surface area contributed by atoms with E-state index < -0.39 is 0 Å². The average Bonchev–Trinajstić information content (AvgIpc) is 2.76. The molecule has 1 aliphatic rings. The largest absolute Gasteiger partial charge is 0.493 e. The number of amides is 1. The molecular formula is C20H26N4O6. The van der Waals surface area contributed by atoms with Crippen molar-refractivity contribution in [3.05, 3.63) is 40.3 Å². The summed E-state index contributed by atoms with van der Waals surface area (Å²) < 4.78 is 22.3. The zero-order chi connectivity index (χ0) is 21.5. The molecule has 1 aromatic heterocycles. The van der Waals surface area contributed by atoms with Gasteiger partial charge in [0.2, 0.25) is 11.9 Å². The Balaban J connectivity index is 1.84. The fraction of sp³-hybridized carbons (Fsp3) is 0.450. The van der Waals surface area contributed by atoms with Gasteiger partial charge in [-0.2, -0.15) is 0 Å². The van der Waals surface area contributed by atoms with Crippen LogP contribution in [0.5, 0.6) is 11.5 Å². The lowest BCUT2D eigenvalue weighted by atomic mass is 10.2. The standard InChI is InChI=1S/C20H26N4O6/c1-27-13-15-11-19(26)24(20(22-15)23-6-8-30-9-7-23)12-18(25)21-14-4-5-16(28-2)17(10-14)29-3/h4-5,10-11H,6-9,12-13H2,1-3H3,(H,21,25). The van der Waals surface area contributed by atoms with Crippen molar-refractivity contribution in [3.8, 4) is 11.5 Å². The van der Waals surface area contributed by atoms with Gasteiger partial charge in [0.05, 0.1) is 39.7 Å². The van der Waals surface area contributed by atoms with Gasteiger partial charge in [0, 0.05) is 38.0 Å². The van der Waals surface area contributed by atoms with Gasteiger partial charge < -0.3 is 29.2 Å². The minimum absolute atomic E-state index is 0.180. The first-order valence-corrected chi connectivity index (χ1v) is 9.50. The molecule has 30 heavy (non-hydrogen) atoms. The lowest BCUT2D eigenvalue weighted by Gasteiger charge is -2.29. The maximum absolute atomic E-state index is 12.7. The second-order valence-electron chi connectivity index (χ2n) is 6.62. The van der Waals surface area contributed by atoms with Crippen LogP contribution < -0.4 is 25.2 Å². The van der Waals surface area contributed by atoms with E-state index in [2.05, 4.69) is 10.3 Å². The Bertz CT molecular complexity index is 939. The molecule has 0 radical (unpaired) electrons. The molecule has 2 aromatic rings. The number of anilines is 2. The summed E-state index contributed by atoms with van der Waals surface area (Å²) in [6.45, 7) is 2.26. The van der Waals surface area contributed by atoms with Crippen LogP contribution in [0, 0.1) is 0 Å². The van der Waals surface area contributed by atoms with E-state index >= 15 is 0 Å². The number of hydrogen-bond acceptors (Lipinski definition) is 8. The summed E-state index contributed by atoms with van der Waals surface area (Å²) in [7, 11) is 4.60. The van der Waals surface area contributed by atoms with Gasteiger partial charge in [-0.3, -0.25) is 14.2 Å². The summed E-state index contributed by atoms with van der Waals surface area (Å²) in [4.78, 5) is 31.9. The van der Waals surface area contributed by atoms with Gasteiger partial charge in [-0.15, -0.1) is 0 Å². The van der Waals surface area contributed by atoms with Crippen LogP contribution in [0.4, 0.5) is 11.6 Å². The number of carbonyl (C=O) groups excluding carboxylic acids is 1. The summed E-state index contributed by atoms with van der Waals surface area (Å²) in [6.07, 6.45) is 0. The van der Waals surface area contributed by atoms with E-state index in [1.54, 1.807) is 18.2 Å². The molecule has 162 valence electrons. The van der Waals surface area contributed by atoms with Crippen LogP contribution >= 0.6 is 0 Å². The Hall–Kier alpha value is -3.11. The van der Waals surface area contributed by atoms with E-state index in [4.69, 9.17) is 18.9 Å². The first-order valence-electron chi connectivity index (χ1n) is 9.50.